The van der Waals surface area contributed by atoms with E-state index in [2.05, 4.69) is 64.7 Å². The highest BCUT2D eigenvalue weighted by atomic mass is 14.0. The summed E-state index contributed by atoms with van der Waals surface area (Å²) in [5.41, 5.74) is 4.46. The van der Waals surface area contributed by atoms with Gasteiger partial charge in [0.25, 0.3) is 0 Å². The topological polar surface area (TPSA) is 0 Å². The molecule has 0 aliphatic rings. The van der Waals surface area contributed by atoms with Gasteiger partial charge in [-0.3, -0.25) is 0 Å². The lowest BCUT2D eigenvalue weighted by molar-refractivity contribution is 0.777. The van der Waals surface area contributed by atoms with Gasteiger partial charge in [-0.2, -0.15) is 0 Å². The zero-order chi connectivity index (χ0) is 17.3. The van der Waals surface area contributed by atoms with Crippen LogP contribution < -0.4 is 0 Å². The molecule has 0 aliphatic heterocycles. The number of unbranched alkanes of at least 4 members (excludes halogenated alkanes) is 4. The summed E-state index contributed by atoms with van der Waals surface area (Å²) in [4.78, 5) is 0. The summed E-state index contributed by atoms with van der Waals surface area (Å²) >= 11 is 0. The highest BCUT2D eigenvalue weighted by Gasteiger charge is 1.90. The summed E-state index contributed by atoms with van der Waals surface area (Å²) in [6, 6.07) is 0. The van der Waals surface area contributed by atoms with Gasteiger partial charge >= 0.3 is 0 Å². The first-order chi connectivity index (χ1) is 11.1. The Morgan fingerprint density at radius 3 is 2.04 bits per heavy atom. The minimum atomic E-state index is 1.01. The Hall–Kier alpha value is -1.22. The molecular formula is C23H38. The fourth-order valence-electron chi connectivity index (χ4n) is 2.35. The highest BCUT2D eigenvalue weighted by molar-refractivity contribution is 5.05. The van der Waals surface area contributed by atoms with Crippen molar-refractivity contribution in [1.82, 2.24) is 0 Å². The van der Waals surface area contributed by atoms with Crippen LogP contribution in [0.5, 0.6) is 0 Å². The molecule has 0 spiro atoms. The molecule has 0 unspecified atom stereocenters. The summed E-state index contributed by atoms with van der Waals surface area (Å²) in [5, 5.41) is 0. The van der Waals surface area contributed by atoms with Gasteiger partial charge in [0.1, 0.15) is 0 Å². The summed E-state index contributed by atoms with van der Waals surface area (Å²) in [5.74, 6) is 6.63. The zero-order valence-corrected chi connectivity index (χ0v) is 16.3. The van der Waals surface area contributed by atoms with Gasteiger partial charge in [-0.25, -0.2) is 0 Å². The second kappa shape index (κ2) is 15.7. The van der Waals surface area contributed by atoms with Crippen LogP contribution in [0.25, 0.3) is 0 Å². The number of hydrogen-bond donors (Lipinski definition) is 0. The van der Waals surface area contributed by atoms with Crippen LogP contribution >= 0.6 is 0 Å². The Morgan fingerprint density at radius 1 is 0.696 bits per heavy atom. The van der Waals surface area contributed by atoms with Gasteiger partial charge in [0.05, 0.1) is 0 Å². The number of rotatable bonds is 11. The average molecular weight is 315 g/mol. The first kappa shape index (κ1) is 21.8. The molecule has 0 fully saturated rings. The molecule has 0 heterocycles. The van der Waals surface area contributed by atoms with E-state index in [9.17, 15) is 0 Å². The van der Waals surface area contributed by atoms with Gasteiger partial charge < -0.3 is 0 Å². The molecule has 0 bridgehead atoms. The van der Waals surface area contributed by atoms with E-state index in [1.54, 1.807) is 5.57 Å². The van der Waals surface area contributed by atoms with Crippen LogP contribution in [0.4, 0.5) is 0 Å². The first-order valence-corrected chi connectivity index (χ1v) is 9.46. The number of allylic oxidation sites excluding steroid dienone is 6. The van der Waals surface area contributed by atoms with Crippen LogP contribution in [-0.4, -0.2) is 0 Å². The van der Waals surface area contributed by atoms with Crippen molar-refractivity contribution in [3.8, 4) is 11.8 Å². The summed E-state index contributed by atoms with van der Waals surface area (Å²) < 4.78 is 0. The maximum Gasteiger partial charge on any atom is 0.0123 e. The Bertz CT molecular complexity index is 430. The van der Waals surface area contributed by atoms with Crippen molar-refractivity contribution in [2.75, 3.05) is 0 Å². The van der Waals surface area contributed by atoms with E-state index in [4.69, 9.17) is 0 Å². The summed E-state index contributed by atoms with van der Waals surface area (Å²) in [6.45, 7) is 11.1. The van der Waals surface area contributed by atoms with Crippen molar-refractivity contribution in [3.63, 3.8) is 0 Å². The van der Waals surface area contributed by atoms with Crippen molar-refractivity contribution in [1.29, 1.82) is 0 Å². The van der Waals surface area contributed by atoms with Crippen LogP contribution in [0.15, 0.2) is 34.9 Å². The molecule has 0 heteroatoms. The molecule has 0 saturated heterocycles. The molecule has 0 amide bonds. The minimum absolute atomic E-state index is 1.01. The van der Waals surface area contributed by atoms with E-state index < -0.39 is 0 Å². The van der Waals surface area contributed by atoms with E-state index in [0.29, 0.717) is 0 Å². The molecule has 0 aromatic carbocycles. The van der Waals surface area contributed by atoms with Crippen molar-refractivity contribution < 1.29 is 0 Å². The molecule has 0 aliphatic carbocycles. The Labute approximate surface area is 146 Å². The van der Waals surface area contributed by atoms with E-state index in [0.717, 1.165) is 19.3 Å². The second-order valence-electron chi connectivity index (χ2n) is 6.81. The Morgan fingerprint density at radius 2 is 1.35 bits per heavy atom. The molecule has 0 saturated carbocycles. The molecular weight excluding hydrogens is 276 g/mol. The SMILES string of the molecule is CCCC/C(C)=C/CCCC#CCC/C=C(\C)CCC=C(C)C. The predicted octanol–water partition coefficient (Wildman–Crippen LogP) is 7.77. The Kier molecular flexibility index (Phi) is 14.8. The van der Waals surface area contributed by atoms with Crippen molar-refractivity contribution in [2.24, 2.45) is 0 Å². The molecule has 0 aromatic heterocycles. The second-order valence-corrected chi connectivity index (χ2v) is 6.81. The predicted molar refractivity (Wildman–Crippen MR) is 107 cm³/mol. The molecule has 0 radical (unpaired) electrons. The van der Waals surface area contributed by atoms with Crippen molar-refractivity contribution in [2.45, 2.75) is 98.8 Å². The lowest BCUT2D eigenvalue weighted by atomic mass is 10.1. The van der Waals surface area contributed by atoms with Crippen molar-refractivity contribution >= 4 is 0 Å². The van der Waals surface area contributed by atoms with Crippen molar-refractivity contribution in [3.05, 3.63) is 34.9 Å². The van der Waals surface area contributed by atoms with E-state index in [1.807, 2.05) is 0 Å². The lowest BCUT2D eigenvalue weighted by Crippen LogP contribution is -1.79. The minimum Gasteiger partial charge on any atom is -0.103 e. The van der Waals surface area contributed by atoms with Gasteiger partial charge in [-0.1, -0.05) is 48.3 Å². The third-order valence-corrected chi connectivity index (χ3v) is 3.90. The van der Waals surface area contributed by atoms with Gasteiger partial charge in [-0.15, -0.1) is 11.8 Å². The largest absolute Gasteiger partial charge is 0.103 e. The van der Waals surface area contributed by atoms with E-state index in [-0.39, 0.29) is 0 Å². The molecule has 130 valence electrons. The quantitative estimate of drug-likeness (QED) is 0.207. The standard InChI is InChI=1S/C23H38/c1-6-7-17-22(4)18-13-11-9-8-10-12-14-19-23(5)20-15-16-21(2)3/h16,18-19H,6-7,9,11-15,17,20H2,1-5H3/b22-18+,23-19+. The molecule has 0 nitrogen and oxygen atoms in total. The smallest absolute Gasteiger partial charge is 0.0123 e. The fourth-order valence-corrected chi connectivity index (χ4v) is 2.35. The third kappa shape index (κ3) is 17.0. The Balaban J connectivity index is 3.67. The lowest BCUT2D eigenvalue weighted by Gasteiger charge is -1.98. The number of hydrogen-bond acceptors (Lipinski definition) is 0. The third-order valence-electron chi connectivity index (χ3n) is 3.90. The van der Waals surface area contributed by atoms with Gasteiger partial charge in [0.2, 0.25) is 0 Å². The fraction of sp³-hybridized carbons (Fsp3) is 0.652. The summed E-state index contributed by atoms with van der Waals surface area (Å²) in [7, 11) is 0. The van der Waals surface area contributed by atoms with Crippen LogP contribution in [-0.2, 0) is 0 Å². The maximum atomic E-state index is 3.32. The normalized spacial score (nSPS) is 11.9. The van der Waals surface area contributed by atoms with Gasteiger partial charge in [-0.05, 0) is 72.6 Å². The van der Waals surface area contributed by atoms with E-state index in [1.165, 1.54) is 56.1 Å². The maximum absolute atomic E-state index is 3.32. The van der Waals surface area contributed by atoms with Gasteiger partial charge in [0.15, 0.2) is 0 Å². The van der Waals surface area contributed by atoms with Crippen LogP contribution in [0.2, 0.25) is 0 Å². The zero-order valence-electron chi connectivity index (χ0n) is 16.3. The average Bonchev–Trinajstić information content (AvgIpc) is 2.50. The van der Waals surface area contributed by atoms with Gasteiger partial charge in [0, 0.05) is 12.8 Å². The molecule has 0 rings (SSSR count). The first-order valence-electron chi connectivity index (χ1n) is 9.46. The molecule has 23 heavy (non-hydrogen) atoms. The highest BCUT2D eigenvalue weighted by Crippen LogP contribution is 2.09. The van der Waals surface area contributed by atoms with E-state index >= 15 is 0 Å². The monoisotopic (exact) mass is 314 g/mol. The summed E-state index contributed by atoms with van der Waals surface area (Å²) in [6.07, 6.45) is 18.8. The van der Waals surface area contributed by atoms with Crippen LogP contribution in [0.3, 0.4) is 0 Å². The molecule has 0 N–H and O–H groups in total. The molecule has 0 aromatic rings. The van der Waals surface area contributed by atoms with Crippen LogP contribution in [0.1, 0.15) is 98.8 Å². The molecule has 0 atom stereocenters. The van der Waals surface area contributed by atoms with Crippen LogP contribution in [0, 0.1) is 11.8 Å².